The van der Waals surface area contributed by atoms with Gasteiger partial charge in [0, 0.05) is 5.33 Å². The van der Waals surface area contributed by atoms with E-state index < -0.39 is 0 Å². The van der Waals surface area contributed by atoms with Gasteiger partial charge in [-0.15, -0.1) is 17.0 Å². The molecule has 0 aromatic carbocycles. The Morgan fingerprint density at radius 2 is 2.00 bits per heavy atom. The summed E-state index contributed by atoms with van der Waals surface area (Å²) in [5, 5.41) is 1.09. The lowest BCUT2D eigenvalue weighted by Gasteiger charge is -2.03. The molecule has 0 unspecified atom stereocenters. The first-order chi connectivity index (χ1) is 3.33. The Bertz CT molecular complexity index is 64.8. The van der Waals surface area contributed by atoms with Gasteiger partial charge in [-0.05, 0) is 24.8 Å². The minimum atomic E-state index is 0. The van der Waals surface area contributed by atoms with E-state index in [9.17, 15) is 0 Å². The molecule has 0 saturated heterocycles. The van der Waals surface area contributed by atoms with Crippen LogP contribution in [-0.2, 0) is 0 Å². The van der Waals surface area contributed by atoms with E-state index in [1.54, 1.807) is 0 Å². The first kappa shape index (κ1) is 8.92. The van der Waals surface area contributed by atoms with Gasteiger partial charge in [-0.3, -0.25) is 0 Å². The molecule has 1 fully saturated rings. The van der Waals surface area contributed by atoms with Crippen LogP contribution < -0.4 is 5.73 Å². The van der Waals surface area contributed by atoms with Crippen molar-refractivity contribution in [2.45, 2.75) is 12.8 Å². The number of alkyl halides is 1. The molecule has 3 heteroatoms. The molecule has 1 rings (SSSR count). The quantitative estimate of drug-likeness (QED) is 0.736. The molecule has 0 radical (unpaired) electrons. The van der Waals surface area contributed by atoms with Crippen LogP contribution in [0.5, 0.6) is 0 Å². The third-order valence-electron chi connectivity index (χ3n) is 1.67. The highest BCUT2D eigenvalue weighted by atomic mass is 79.9. The van der Waals surface area contributed by atoms with E-state index in [-0.39, 0.29) is 17.0 Å². The summed E-state index contributed by atoms with van der Waals surface area (Å²) in [6, 6.07) is 0. The van der Waals surface area contributed by atoms with Crippen LogP contribution in [0.1, 0.15) is 12.8 Å². The molecule has 0 amide bonds. The van der Waals surface area contributed by atoms with E-state index in [4.69, 9.17) is 5.73 Å². The van der Waals surface area contributed by atoms with E-state index in [1.807, 2.05) is 0 Å². The van der Waals surface area contributed by atoms with Gasteiger partial charge in [-0.25, -0.2) is 0 Å². The average Bonchev–Trinajstić information content (AvgIpc) is 2.46. The molecular formula is C5H11Br2N. The maximum Gasteiger partial charge on any atom is 0.01000 e. The molecule has 2 N–H and O–H groups in total. The molecule has 0 atom stereocenters. The Hall–Kier alpha value is 0.920. The largest absolute Gasteiger partial charge is 0.330 e. The summed E-state index contributed by atoms with van der Waals surface area (Å²) in [5.41, 5.74) is 5.98. The summed E-state index contributed by atoms with van der Waals surface area (Å²) < 4.78 is 0. The van der Waals surface area contributed by atoms with Gasteiger partial charge in [0.1, 0.15) is 0 Å². The van der Waals surface area contributed by atoms with Gasteiger partial charge < -0.3 is 5.73 Å². The second kappa shape index (κ2) is 3.18. The van der Waals surface area contributed by atoms with Crippen LogP contribution in [0.4, 0.5) is 0 Å². The zero-order chi connectivity index (χ0) is 5.33. The second-order valence-corrected chi connectivity index (χ2v) is 2.90. The second-order valence-electron chi connectivity index (χ2n) is 2.34. The van der Waals surface area contributed by atoms with Crippen molar-refractivity contribution < 1.29 is 0 Å². The predicted molar refractivity (Wildman–Crippen MR) is 44.8 cm³/mol. The third kappa shape index (κ3) is 1.71. The fourth-order valence-electron chi connectivity index (χ4n) is 0.569. The predicted octanol–water partition coefficient (Wildman–Crippen LogP) is 1.70. The topological polar surface area (TPSA) is 26.0 Å². The van der Waals surface area contributed by atoms with E-state index >= 15 is 0 Å². The number of nitrogens with two attached hydrogens (primary N) is 1. The van der Waals surface area contributed by atoms with Gasteiger partial charge in [0.2, 0.25) is 0 Å². The van der Waals surface area contributed by atoms with Crippen LogP contribution in [0.2, 0.25) is 0 Å². The lowest BCUT2D eigenvalue weighted by Crippen LogP contribution is -2.15. The van der Waals surface area contributed by atoms with Crippen molar-refractivity contribution in [2.75, 3.05) is 11.9 Å². The standard InChI is InChI=1S/C5H10BrN.BrH/c6-3-5(4-7)1-2-5;/h1-4,7H2;1H. The SMILES string of the molecule is Br.NCC1(CBr)CC1. The van der Waals surface area contributed by atoms with Gasteiger partial charge in [-0.1, -0.05) is 15.9 Å². The van der Waals surface area contributed by atoms with Crippen molar-refractivity contribution in [3.05, 3.63) is 0 Å². The van der Waals surface area contributed by atoms with E-state index in [2.05, 4.69) is 15.9 Å². The zero-order valence-electron chi connectivity index (χ0n) is 4.69. The molecular weight excluding hydrogens is 234 g/mol. The molecule has 8 heavy (non-hydrogen) atoms. The summed E-state index contributed by atoms with van der Waals surface area (Å²) in [7, 11) is 0. The normalized spacial score (nSPS) is 21.8. The van der Waals surface area contributed by atoms with E-state index in [1.165, 1.54) is 12.8 Å². The first-order valence-electron chi connectivity index (χ1n) is 2.59. The Labute approximate surface area is 68.9 Å². The average molecular weight is 245 g/mol. The van der Waals surface area contributed by atoms with Crippen LogP contribution in [-0.4, -0.2) is 11.9 Å². The van der Waals surface area contributed by atoms with Crippen molar-refractivity contribution in [1.29, 1.82) is 0 Å². The summed E-state index contributed by atoms with van der Waals surface area (Å²) in [5.74, 6) is 0. The monoisotopic (exact) mass is 243 g/mol. The zero-order valence-corrected chi connectivity index (χ0v) is 7.99. The number of hydrogen-bond donors (Lipinski definition) is 1. The van der Waals surface area contributed by atoms with Gasteiger partial charge >= 0.3 is 0 Å². The molecule has 1 aliphatic carbocycles. The Balaban J connectivity index is 0.000000490. The molecule has 0 heterocycles. The highest BCUT2D eigenvalue weighted by molar-refractivity contribution is 9.09. The molecule has 1 aliphatic rings. The highest BCUT2D eigenvalue weighted by Crippen LogP contribution is 2.45. The summed E-state index contributed by atoms with van der Waals surface area (Å²) >= 11 is 3.41. The molecule has 0 bridgehead atoms. The van der Waals surface area contributed by atoms with Crippen molar-refractivity contribution >= 4 is 32.9 Å². The maximum atomic E-state index is 5.45. The van der Waals surface area contributed by atoms with Gasteiger partial charge in [-0.2, -0.15) is 0 Å². The lowest BCUT2D eigenvalue weighted by atomic mass is 10.1. The molecule has 1 saturated carbocycles. The van der Waals surface area contributed by atoms with Crippen LogP contribution in [0.15, 0.2) is 0 Å². The van der Waals surface area contributed by atoms with E-state index in [0.717, 1.165) is 11.9 Å². The van der Waals surface area contributed by atoms with Crippen LogP contribution in [0, 0.1) is 5.41 Å². The van der Waals surface area contributed by atoms with Crippen molar-refractivity contribution in [2.24, 2.45) is 11.1 Å². The number of halogens is 2. The summed E-state index contributed by atoms with van der Waals surface area (Å²) in [4.78, 5) is 0. The number of rotatable bonds is 2. The van der Waals surface area contributed by atoms with Crippen molar-refractivity contribution in [3.8, 4) is 0 Å². The maximum absolute atomic E-state index is 5.45. The van der Waals surface area contributed by atoms with Crippen LogP contribution in [0.25, 0.3) is 0 Å². The van der Waals surface area contributed by atoms with Crippen LogP contribution >= 0.6 is 32.9 Å². The van der Waals surface area contributed by atoms with E-state index in [0.29, 0.717) is 5.41 Å². The first-order valence-corrected chi connectivity index (χ1v) is 3.71. The summed E-state index contributed by atoms with van der Waals surface area (Å²) in [6.07, 6.45) is 2.66. The van der Waals surface area contributed by atoms with Gasteiger partial charge in [0.05, 0.1) is 0 Å². The fourth-order valence-corrected chi connectivity index (χ4v) is 1.36. The van der Waals surface area contributed by atoms with Gasteiger partial charge in [0.15, 0.2) is 0 Å². The minimum Gasteiger partial charge on any atom is -0.330 e. The molecule has 0 spiro atoms. The Morgan fingerprint density at radius 3 is 2.00 bits per heavy atom. The van der Waals surface area contributed by atoms with Crippen LogP contribution in [0.3, 0.4) is 0 Å². The molecule has 1 nitrogen and oxygen atoms in total. The molecule has 0 aliphatic heterocycles. The minimum absolute atomic E-state index is 0. The molecule has 0 aromatic rings. The molecule has 0 aromatic heterocycles. The highest BCUT2D eigenvalue weighted by Gasteiger charge is 2.39. The fraction of sp³-hybridized carbons (Fsp3) is 1.00. The smallest absolute Gasteiger partial charge is 0.01000 e. The van der Waals surface area contributed by atoms with Gasteiger partial charge in [0.25, 0.3) is 0 Å². The Kier molecular flexibility index (Phi) is 3.55. The third-order valence-corrected chi connectivity index (χ3v) is 2.86. The van der Waals surface area contributed by atoms with Crippen molar-refractivity contribution in [3.63, 3.8) is 0 Å². The van der Waals surface area contributed by atoms with Crippen molar-refractivity contribution in [1.82, 2.24) is 0 Å². The lowest BCUT2D eigenvalue weighted by molar-refractivity contribution is 0.605. The Morgan fingerprint density at radius 1 is 1.50 bits per heavy atom. The molecule has 50 valence electrons. The number of hydrogen-bond acceptors (Lipinski definition) is 1. The summed E-state index contributed by atoms with van der Waals surface area (Å²) in [6.45, 7) is 0.859.